The molecule has 24 heavy (non-hydrogen) atoms. The van der Waals surface area contributed by atoms with Gasteiger partial charge in [-0.05, 0) is 35.9 Å². The maximum absolute atomic E-state index is 13.5. The molecule has 0 aliphatic carbocycles. The molecule has 122 valence electrons. The van der Waals surface area contributed by atoms with Gasteiger partial charge >= 0.3 is 0 Å². The van der Waals surface area contributed by atoms with Crippen LogP contribution in [0, 0.1) is 5.82 Å². The maximum atomic E-state index is 13.5. The number of carbonyl (C=O) groups is 1. The van der Waals surface area contributed by atoms with Gasteiger partial charge in [0.25, 0.3) is 0 Å². The van der Waals surface area contributed by atoms with Crippen molar-refractivity contribution in [2.75, 3.05) is 11.1 Å². The molecule has 0 aliphatic rings. The molecule has 2 aromatic carbocycles. The molecule has 1 amide bonds. The second kappa shape index (κ2) is 7.79. The summed E-state index contributed by atoms with van der Waals surface area (Å²) in [6.45, 7) is 0. The van der Waals surface area contributed by atoms with E-state index in [4.69, 9.17) is 0 Å². The number of para-hydroxylation sites is 1. The number of hydrogen-bond donors (Lipinski definition) is 1. The first-order chi connectivity index (χ1) is 11.7. The highest BCUT2D eigenvalue weighted by atomic mass is 32.2. The van der Waals surface area contributed by atoms with E-state index < -0.39 is 5.82 Å². The van der Waals surface area contributed by atoms with Crippen molar-refractivity contribution >= 4 is 23.4 Å². The van der Waals surface area contributed by atoms with Crippen LogP contribution in [0.4, 0.5) is 10.1 Å². The van der Waals surface area contributed by atoms with E-state index in [2.05, 4.69) is 10.4 Å². The number of hydrogen-bond acceptors (Lipinski definition) is 3. The highest BCUT2D eigenvalue weighted by Crippen LogP contribution is 2.16. The zero-order chi connectivity index (χ0) is 16.8. The van der Waals surface area contributed by atoms with Crippen LogP contribution in [-0.2, 0) is 10.5 Å². The van der Waals surface area contributed by atoms with E-state index >= 15 is 0 Å². The van der Waals surface area contributed by atoms with Gasteiger partial charge in [-0.3, -0.25) is 4.79 Å². The third kappa shape index (κ3) is 4.23. The smallest absolute Gasteiger partial charge is 0.234 e. The molecule has 0 bridgehead atoms. The number of thioether (sulfide) groups is 1. The van der Waals surface area contributed by atoms with Crippen LogP contribution in [0.25, 0.3) is 5.69 Å². The van der Waals surface area contributed by atoms with Gasteiger partial charge < -0.3 is 5.32 Å². The van der Waals surface area contributed by atoms with E-state index in [1.54, 1.807) is 29.1 Å². The minimum atomic E-state index is -0.426. The van der Waals surface area contributed by atoms with Crippen molar-refractivity contribution in [3.8, 4) is 5.69 Å². The summed E-state index contributed by atoms with van der Waals surface area (Å²) in [7, 11) is 0. The van der Waals surface area contributed by atoms with Crippen LogP contribution in [0.3, 0.4) is 0 Å². The molecule has 0 aliphatic heterocycles. The Morgan fingerprint density at radius 2 is 1.92 bits per heavy atom. The molecule has 1 heterocycles. The fraction of sp³-hybridized carbons (Fsp3) is 0.111. The maximum Gasteiger partial charge on any atom is 0.234 e. The summed E-state index contributed by atoms with van der Waals surface area (Å²) < 4.78 is 15.3. The number of amides is 1. The van der Waals surface area contributed by atoms with E-state index in [1.165, 1.54) is 17.8 Å². The van der Waals surface area contributed by atoms with Crippen molar-refractivity contribution in [2.45, 2.75) is 5.75 Å². The van der Waals surface area contributed by atoms with Crippen LogP contribution < -0.4 is 5.32 Å². The summed E-state index contributed by atoms with van der Waals surface area (Å²) >= 11 is 1.49. The van der Waals surface area contributed by atoms with Crippen molar-refractivity contribution < 1.29 is 9.18 Å². The lowest BCUT2D eigenvalue weighted by Gasteiger charge is -2.07. The van der Waals surface area contributed by atoms with E-state index in [0.717, 1.165) is 11.3 Å². The molecule has 0 fully saturated rings. The van der Waals surface area contributed by atoms with Crippen LogP contribution in [-0.4, -0.2) is 21.4 Å². The Hall–Kier alpha value is -2.60. The van der Waals surface area contributed by atoms with Gasteiger partial charge in [0.15, 0.2) is 0 Å². The van der Waals surface area contributed by atoms with Crippen molar-refractivity contribution in [3.05, 3.63) is 78.4 Å². The molecule has 1 N–H and O–H groups in total. The van der Waals surface area contributed by atoms with Crippen LogP contribution in [0.1, 0.15) is 5.56 Å². The fourth-order valence-corrected chi connectivity index (χ4v) is 2.96. The van der Waals surface area contributed by atoms with Gasteiger partial charge in [-0.2, -0.15) is 5.10 Å². The Kier molecular flexibility index (Phi) is 5.28. The first-order valence-electron chi connectivity index (χ1n) is 7.43. The van der Waals surface area contributed by atoms with Crippen molar-refractivity contribution in [1.82, 2.24) is 9.78 Å². The largest absolute Gasteiger partial charge is 0.323 e. The third-order valence-corrected chi connectivity index (χ3v) is 4.36. The van der Waals surface area contributed by atoms with Gasteiger partial charge in [0.05, 0.1) is 17.1 Å². The summed E-state index contributed by atoms with van der Waals surface area (Å²) in [5, 5.41) is 6.75. The van der Waals surface area contributed by atoms with Gasteiger partial charge in [0.1, 0.15) is 5.82 Å². The number of nitrogens with one attached hydrogen (secondary N) is 1. The lowest BCUT2D eigenvalue weighted by molar-refractivity contribution is -0.113. The molecule has 6 heteroatoms. The quantitative estimate of drug-likeness (QED) is 0.740. The minimum Gasteiger partial charge on any atom is -0.323 e. The minimum absolute atomic E-state index is 0.210. The average Bonchev–Trinajstić information content (AvgIpc) is 3.12. The summed E-state index contributed by atoms with van der Waals surface area (Å²) in [5.74, 6) is 0.350. The van der Waals surface area contributed by atoms with Crippen LogP contribution >= 0.6 is 11.8 Å². The molecular weight excluding hydrogens is 325 g/mol. The zero-order valence-corrected chi connectivity index (χ0v) is 13.7. The molecule has 1 aromatic heterocycles. The van der Waals surface area contributed by atoms with Gasteiger partial charge in [0.2, 0.25) is 5.91 Å². The summed E-state index contributed by atoms with van der Waals surface area (Å²) in [6.07, 6.45) is 3.62. The van der Waals surface area contributed by atoms with E-state index in [1.807, 2.05) is 36.5 Å². The van der Waals surface area contributed by atoms with Gasteiger partial charge in [-0.1, -0.05) is 24.3 Å². The Morgan fingerprint density at radius 3 is 2.62 bits per heavy atom. The highest BCUT2D eigenvalue weighted by molar-refractivity contribution is 7.99. The molecule has 3 aromatic rings. The number of halogens is 1. The van der Waals surface area contributed by atoms with Crippen LogP contribution in [0.2, 0.25) is 0 Å². The van der Waals surface area contributed by atoms with Crippen LogP contribution in [0.15, 0.2) is 67.0 Å². The standard InChI is InChI=1S/C18H16FN3OS/c19-16-4-1-2-5-17(16)21-18(23)13-24-12-14-6-8-15(9-7-14)22-11-3-10-20-22/h1-11H,12-13H2,(H,21,23). The number of nitrogens with zero attached hydrogens (tertiary/aromatic N) is 2. The summed E-state index contributed by atoms with van der Waals surface area (Å²) in [5.41, 5.74) is 2.33. The lowest BCUT2D eigenvalue weighted by atomic mass is 10.2. The van der Waals surface area contributed by atoms with Crippen molar-refractivity contribution in [3.63, 3.8) is 0 Å². The molecule has 0 unspecified atom stereocenters. The zero-order valence-electron chi connectivity index (χ0n) is 12.9. The Morgan fingerprint density at radius 1 is 1.12 bits per heavy atom. The molecule has 0 atom stereocenters. The lowest BCUT2D eigenvalue weighted by Crippen LogP contribution is -2.15. The van der Waals surface area contributed by atoms with Crippen LogP contribution in [0.5, 0.6) is 0 Å². The van der Waals surface area contributed by atoms with Gasteiger partial charge in [0, 0.05) is 18.1 Å². The molecule has 0 saturated carbocycles. The molecule has 0 saturated heterocycles. The number of carbonyl (C=O) groups excluding carboxylic acids is 1. The van der Waals surface area contributed by atoms with E-state index in [0.29, 0.717) is 5.75 Å². The molecule has 0 spiro atoms. The van der Waals surface area contributed by atoms with Gasteiger partial charge in [-0.25, -0.2) is 9.07 Å². The average molecular weight is 341 g/mol. The van der Waals surface area contributed by atoms with Crippen molar-refractivity contribution in [1.29, 1.82) is 0 Å². The number of rotatable bonds is 6. The monoisotopic (exact) mass is 341 g/mol. The fourth-order valence-electron chi connectivity index (χ4n) is 2.18. The number of benzene rings is 2. The Bertz CT molecular complexity index is 803. The number of aromatic nitrogens is 2. The normalized spacial score (nSPS) is 10.5. The second-order valence-corrected chi connectivity index (χ2v) is 6.12. The second-order valence-electron chi connectivity index (χ2n) is 5.14. The topological polar surface area (TPSA) is 46.9 Å². The number of anilines is 1. The molecule has 4 nitrogen and oxygen atoms in total. The van der Waals surface area contributed by atoms with E-state index in [9.17, 15) is 9.18 Å². The predicted molar refractivity (Wildman–Crippen MR) is 94.8 cm³/mol. The highest BCUT2D eigenvalue weighted by Gasteiger charge is 2.06. The SMILES string of the molecule is O=C(CSCc1ccc(-n2cccn2)cc1)Nc1ccccc1F. The Balaban J connectivity index is 1.48. The predicted octanol–water partition coefficient (Wildman–Crippen LogP) is 3.88. The molecular formula is C18H16FN3OS. The first-order valence-corrected chi connectivity index (χ1v) is 8.59. The summed E-state index contributed by atoms with van der Waals surface area (Å²) in [4.78, 5) is 11.9. The van der Waals surface area contributed by atoms with Crippen molar-refractivity contribution in [2.24, 2.45) is 0 Å². The molecule has 3 rings (SSSR count). The molecule has 0 radical (unpaired) electrons. The Labute approximate surface area is 143 Å². The van der Waals surface area contributed by atoms with Gasteiger partial charge in [-0.15, -0.1) is 11.8 Å². The third-order valence-electron chi connectivity index (χ3n) is 3.36. The van der Waals surface area contributed by atoms with E-state index in [-0.39, 0.29) is 17.3 Å². The first kappa shape index (κ1) is 16.3. The summed E-state index contributed by atoms with van der Waals surface area (Å²) in [6, 6.07) is 16.0.